The number of nitrogens with zero attached hydrogens (tertiary/aromatic N) is 1. The molecule has 0 aromatic rings. The first-order chi connectivity index (χ1) is 9.47. The van der Waals surface area contributed by atoms with Crippen LogP contribution in [0.4, 0.5) is 0 Å². The summed E-state index contributed by atoms with van der Waals surface area (Å²) >= 11 is 0. The fourth-order valence-corrected chi connectivity index (χ4v) is 3.38. The topological polar surface area (TPSA) is 49.4 Å². The van der Waals surface area contributed by atoms with Gasteiger partial charge in [0.25, 0.3) is 0 Å². The molecule has 2 aliphatic rings. The van der Waals surface area contributed by atoms with Gasteiger partial charge in [0.2, 0.25) is 11.8 Å². The molecule has 2 atom stereocenters. The molecule has 0 aromatic carbocycles. The highest BCUT2D eigenvalue weighted by molar-refractivity contribution is 5.81. The molecule has 0 radical (unpaired) electrons. The number of hydrogen-bond donors (Lipinski definition) is 1. The van der Waals surface area contributed by atoms with Gasteiger partial charge in [-0.3, -0.25) is 9.59 Å². The lowest BCUT2D eigenvalue weighted by atomic mass is 9.94. The van der Waals surface area contributed by atoms with Crippen molar-refractivity contribution in [2.24, 2.45) is 17.8 Å². The van der Waals surface area contributed by atoms with E-state index in [1.807, 2.05) is 18.7 Å². The van der Waals surface area contributed by atoms with Crippen LogP contribution in [0.1, 0.15) is 52.9 Å². The van der Waals surface area contributed by atoms with Gasteiger partial charge in [-0.25, -0.2) is 0 Å². The molecule has 2 fully saturated rings. The van der Waals surface area contributed by atoms with E-state index in [-0.39, 0.29) is 23.7 Å². The van der Waals surface area contributed by atoms with E-state index < -0.39 is 0 Å². The Bertz CT molecular complexity index is 359. The van der Waals surface area contributed by atoms with Crippen molar-refractivity contribution in [3.05, 3.63) is 0 Å². The van der Waals surface area contributed by atoms with Gasteiger partial charge in [-0.1, -0.05) is 20.8 Å². The van der Waals surface area contributed by atoms with Crippen LogP contribution in [0.2, 0.25) is 0 Å². The third-order valence-electron chi connectivity index (χ3n) is 4.71. The van der Waals surface area contributed by atoms with Gasteiger partial charge < -0.3 is 10.2 Å². The van der Waals surface area contributed by atoms with Gasteiger partial charge in [0.1, 0.15) is 0 Å². The second-order valence-corrected chi connectivity index (χ2v) is 6.88. The third kappa shape index (κ3) is 3.74. The first-order valence-electron chi connectivity index (χ1n) is 8.06. The minimum absolute atomic E-state index is 0.0559. The Balaban J connectivity index is 1.76. The summed E-state index contributed by atoms with van der Waals surface area (Å²) in [6.07, 6.45) is 5.10. The highest BCUT2D eigenvalue weighted by atomic mass is 16.2. The van der Waals surface area contributed by atoms with E-state index in [9.17, 15) is 9.59 Å². The maximum atomic E-state index is 12.3. The van der Waals surface area contributed by atoms with Crippen molar-refractivity contribution < 1.29 is 9.59 Å². The minimum atomic E-state index is 0.0559. The van der Waals surface area contributed by atoms with E-state index in [1.165, 1.54) is 6.42 Å². The number of hydrogen-bond acceptors (Lipinski definition) is 2. The first-order valence-corrected chi connectivity index (χ1v) is 8.06. The molecule has 1 aliphatic heterocycles. The molecule has 1 saturated heterocycles. The van der Waals surface area contributed by atoms with E-state index in [0.29, 0.717) is 6.04 Å². The summed E-state index contributed by atoms with van der Waals surface area (Å²) in [5.74, 6) is 1.32. The molecule has 2 rings (SSSR count). The van der Waals surface area contributed by atoms with Crippen LogP contribution >= 0.6 is 0 Å². The fourth-order valence-electron chi connectivity index (χ4n) is 3.38. The predicted molar refractivity (Wildman–Crippen MR) is 79.1 cm³/mol. The number of carbonyl (C=O) groups is 2. The van der Waals surface area contributed by atoms with E-state index in [0.717, 1.165) is 44.7 Å². The monoisotopic (exact) mass is 280 g/mol. The fraction of sp³-hybridized carbons (Fsp3) is 0.875. The summed E-state index contributed by atoms with van der Waals surface area (Å²) in [5, 5.41) is 3.20. The average molecular weight is 280 g/mol. The number of rotatable bonds is 3. The summed E-state index contributed by atoms with van der Waals surface area (Å²) < 4.78 is 0. The number of carbonyl (C=O) groups excluding carboxylic acids is 2. The summed E-state index contributed by atoms with van der Waals surface area (Å²) in [6, 6.07) is 0.382. The minimum Gasteiger partial charge on any atom is -0.353 e. The number of piperidine rings is 1. The summed E-state index contributed by atoms with van der Waals surface area (Å²) in [4.78, 5) is 26.1. The van der Waals surface area contributed by atoms with Crippen LogP contribution in [0.3, 0.4) is 0 Å². The maximum absolute atomic E-state index is 12.3. The van der Waals surface area contributed by atoms with Crippen molar-refractivity contribution in [1.82, 2.24) is 10.2 Å². The molecular weight excluding hydrogens is 252 g/mol. The van der Waals surface area contributed by atoms with Crippen molar-refractivity contribution in [1.29, 1.82) is 0 Å². The van der Waals surface area contributed by atoms with Crippen LogP contribution in [-0.4, -0.2) is 35.8 Å². The maximum Gasteiger partial charge on any atom is 0.225 e. The predicted octanol–water partition coefficient (Wildman–Crippen LogP) is 2.19. The Morgan fingerprint density at radius 2 is 1.75 bits per heavy atom. The molecular formula is C16H28N2O2. The van der Waals surface area contributed by atoms with Crippen molar-refractivity contribution >= 4 is 11.8 Å². The zero-order chi connectivity index (χ0) is 14.7. The summed E-state index contributed by atoms with van der Waals surface area (Å²) in [6.45, 7) is 7.58. The highest BCUT2D eigenvalue weighted by Gasteiger charge is 2.30. The molecule has 4 nitrogen and oxygen atoms in total. The van der Waals surface area contributed by atoms with Crippen LogP contribution in [0, 0.1) is 17.8 Å². The van der Waals surface area contributed by atoms with Crippen LogP contribution < -0.4 is 5.32 Å². The lowest BCUT2D eigenvalue weighted by molar-refractivity contribution is -0.138. The van der Waals surface area contributed by atoms with Crippen LogP contribution in [0.25, 0.3) is 0 Å². The molecule has 1 heterocycles. The largest absolute Gasteiger partial charge is 0.353 e. The van der Waals surface area contributed by atoms with Crippen molar-refractivity contribution in [2.75, 3.05) is 13.1 Å². The Kier molecular flexibility index (Phi) is 5.06. The van der Waals surface area contributed by atoms with Gasteiger partial charge in [-0.05, 0) is 38.0 Å². The summed E-state index contributed by atoms with van der Waals surface area (Å²) in [7, 11) is 0. The van der Waals surface area contributed by atoms with Gasteiger partial charge in [0.15, 0.2) is 0 Å². The first kappa shape index (κ1) is 15.3. The average Bonchev–Trinajstić information content (AvgIpc) is 2.83. The SMILES string of the molecule is CC1CCC(NC(=O)C2CCN(C(=O)C(C)C)CC2)C1. The lowest BCUT2D eigenvalue weighted by Crippen LogP contribution is -2.45. The standard InChI is InChI=1S/C16H28N2O2/c1-11(2)16(20)18-8-6-13(7-9-18)15(19)17-14-5-4-12(3)10-14/h11-14H,4-10H2,1-3H3,(H,17,19). The lowest BCUT2D eigenvalue weighted by Gasteiger charge is -2.33. The van der Waals surface area contributed by atoms with Crippen molar-refractivity contribution in [3.63, 3.8) is 0 Å². The normalized spacial score (nSPS) is 27.9. The smallest absolute Gasteiger partial charge is 0.225 e. The number of amides is 2. The molecule has 1 aliphatic carbocycles. The van der Waals surface area contributed by atoms with E-state index >= 15 is 0 Å². The molecule has 1 N–H and O–H groups in total. The Morgan fingerprint density at radius 3 is 2.25 bits per heavy atom. The number of likely N-dealkylation sites (tertiary alicyclic amines) is 1. The molecule has 114 valence electrons. The zero-order valence-corrected chi connectivity index (χ0v) is 13.0. The molecule has 0 bridgehead atoms. The highest BCUT2D eigenvalue weighted by Crippen LogP contribution is 2.26. The van der Waals surface area contributed by atoms with Gasteiger partial charge in [-0.15, -0.1) is 0 Å². The third-order valence-corrected chi connectivity index (χ3v) is 4.71. The van der Waals surface area contributed by atoms with Gasteiger partial charge in [0, 0.05) is 31.0 Å². The zero-order valence-electron chi connectivity index (χ0n) is 13.0. The molecule has 2 unspecified atom stereocenters. The second-order valence-electron chi connectivity index (χ2n) is 6.88. The molecule has 4 heteroatoms. The van der Waals surface area contributed by atoms with Gasteiger partial charge >= 0.3 is 0 Å². The van der Waals surface area contributed by atoms with E-state index in [1.54, 1.807) is 0 Å². The molecule has 20 heavy (non-hydrogen) atoms. The molecule has 0 spiro atoms. The van der Waals surface area contributed by atoms with Crippen LogP contribution in [0.5, 0.6) is 0 Å². The Labute approximate surface area is 122 Å². The summed E-state index contributed by atoms with van der Waals surface area (Å²) in [5.41, 5.74) is 0. The van der Waals surface area contributed by atoms with Crippen LogP contribution in [0.15, 0.2) is 0 Å². The van der Waals surface area contributed by atoms with Gasteiger partial charge in [0.05, 0.1) is 0 Å². The Hall–Kier alpha value is -1.06. The number of nitrogens with one attached hydrogen (secondary N) is 1. The Morgan fingerprint density at radius 1 is 1.10 bits per heavy atom. The van der Waals surface area contributed by atoms with E-state index in [2.05, 4.69) is 12.2 Å². The molecule has 0 aromatic heterocycles. The molecule has 1 saturated carbocycles. The van der Waals surface area contributed by atoms with Crippen LogP contribution in [-0.2, 0) is 9.59 Å². The molecule has 2 amide bonds. The quantitative estimate of drug-likeness (QED) is 0.861. The van der Waals surface area contributed by atoms with Gasteiger partial charge in [-0.2, -0.15) is 0 Å². The van der Waals surface area contributed by atoms with E-state index in [4.69, 9.17) is 0 Å². The second kappa shape index (κ2) is 6.59. The van der Waals surface area contributed by atoms with Crippen molar-refractivity contribution in [3.8, 4) is 0 Å². The van der Waals surface area contributed by atoms with Crippen molar-refractivity contribution in [2.45, 2.75) is 58.9 Å².